The van der Waals surface area contributed by atoms with Crippen LogP contribution in [0.3, 0.4) is 0 Å². The SMILES string of the molecule is O=C(O)c1ncsc1NS(=O)(=O)Cc1ncccc1Cl. The van der Waals surface area contributed by atoms with E-state index in [4.69, 9.17) is 16.7 Å². The third-order valence-corrected chi connectivity index (χ3v) is 4.56. The molecule has 106 valence electrons. The number of carboxylic acid groups (broad SMARTS) is 1. The van der Waals surface area contributed by atoms with Gasteiger partial charge in [-0.1, -0.05) is 11.6 Å². The van der Waals surface area contributed by atoms with Crippen LogP contribution in [0.1, 0.15) is 16.2 Å². The smallest absolute Gasteiger partial charge is 0.357 e. The highest BCUT2D eigenvalue weighted by Crippen LogP contribution is 2.23. The summed E-state index contributed by atoms with van der Waals surface area (Å²) in [7, 11) is -3.83. The Labute approximate surface area is 123 Å². The molecule has 0 spiro atoms. The van der Waals surface area contributed by atoms with Crippen molar-refractivity contribution in [1.29, 1.82) is 0 Å². The number of carbonyl (C=O) groups is 1. The monoisotopic (exact) mass is 333 g/mol. The van der Waals surface area contributed by atoms with E-state index in [-0.39, 0.29) is 21.4 Å². The van der Waals surface area contributed by atoms with Crippen molar-refractivity contribution in [3.8, 4) is 0 Å². The lowest BCUT2D eigenvalue weighted by atomic mass is 10.4. The van der Waals surface area contributed by atoms with E-state index < -0.39 is 21.7 Å². The van der Waals surface area contributed by atoms with Crippen LogP contribution in [0.2, 0.25) is 5.02 Å². The van der Waals surface area contributed by atoms with E-state index in [0.717, 1.165) is 11.3 Å². The number of hydrogen-bond donors (Lipinski definition) is 2. The highest BCUT2D eigenvalue weighted by atomic mass is 35.5. The molecule has 0 radical (unpaired) electrons. The van der Waals surface area contributed by atoms with Crippen LogP contribution in [-0.2, 0) is 15.8 Å². The van der Waals surface area contributed by atoms with E-state index in [0.29, 0.717) is 0 Å². The molecule has 0 aromatic carbocycles. The summed E-state index contributed by atoms with van der Waals surface area (Å²) in [5, 5.41) is 9.03. The van der Waals surface area contributed by atoms with Gasteiger partial charge in [-0.3, -0.25) is 9.71 Å². The average molecular weight is 334 g/mol. The molecular weight excluding hydrogens is 326 g/mol. The Bertz CT molecular complexity index is 744. The van der Waals surface area contributed by atoms with E-state index >= 15 is 0 Å². The van der Waals surface area contributed by atoms with Crippen LogP contribution < -0.4 is 4.72 Å². The van der Waals surface area contributed by atoms with Crippen LogP contribution in [-0.4, -0.2) is 29.5 Å². The molecule has 7 nitrogen and oxygen atoms in total. The first-order valence-corrected chi connectivity index (χ1v) is 8.07. The van der Waals surface area contributed by atoms with Crippen molar-refractivity contribution in [2.45, 2.75) is 5.75 Å². The summed E-state index contributed by atoms with van der Waals surface area (Å²) in [5.74, 6) is -1.76. The molecular formula is C10H8ClN3O4S2. The fourth-order valence-electron chi connectivity index (χ4n) is 1.35. The Hall–Kier alpha value is -1.71. The summed E-state index contributed by atoms with van der Waals surface area (Å²) in [4.78, 5) is 18.3. The lowest BCUT2D eigenvalue weighted by molar-refractivity contribution is 0.0692. The van der Waals surface area contributed by atoms with Crippen LogP contribution in [0.25, 0.3) is 0 Å². The number of thiazole rings is 1. The lowest BCUT2D eigenvalue weighted by Crippen LogP contribution is -2.17. The quantitative estimate of drug-likeness (QED) is 0.864. The molecule has 0 unspecified atom stereocenters. The first kappa shape index (κ1) is 14.7. The number of nitrogens with one attached hydrogen (secondary N) is 1. The van der Waals surface area contributed by atoms with Crippen LogP contribution in [0, 0.1) is 0 Å². The number of aromatic carboxylic acids is 1. The van der Waals surface area contributed by atoms with Crippen molar-refractivity contribution in [2.24, 2.45) is 0 Å². The summed E-state index contributed by atoms with van der Waals surface area (Å²) in [6, 6.07) is 3.10. The molecule has 10 heteroatoms. The van der Waals surface area contributed by atoms with Gasteiger partial charge in [0.1, 0.15) is 10.8 Å². The van der Waals surface area contributed by atoms with Gasteiger partial charge in [0.05, 0.1) is 16.2 Å². The fourth-order valence-corrected chi connectivity index (χ4v) is 3.75. The number of aromatic nitrogens is 2. The maximum absolute atomic E-state index is 12.0. The highest BCUT2D eigenvalue weighted by Gasteiger charge is 2.20. The number of halogens is 1. The van der Waals surface area contributed by atoms with Gasteiger partial charge in [0, 0.05) is 6.20 Å². The van der Waals surface area contributed by atoms with Gasteiger partial charge in [-0.05, 0) is 12.1 Å². The zero-order valence-corrected chi connectivity index (χ0v) is 12.2. The Balaban J connectivity index is 2.22. The summed E-state index contributed by atoms with van der Waals surface area (Å²) in [6.07, 6.45) is 1.42. The van der Waals surface area contributed by atoms with Crippen LogP contribution in [0.15, 0.2) is 23.8 Å². The number of pyridine rings is 1. The van der Waals surface area contributed by atoms with Crippen molar-refractivity contribution in [2.75, 3.05) is 4.72 Å². The molecule has 0 aliphatic heterocycles. The molecule has 0 aliphatic carbocycles. The lowest BCUT2D eigenvalue weighted by Gasteiger charge is -2.07. The van der Waals surface area contributed by atoms with E-state index in [2.05, 4.69) is 14.7 Å². The van der Waals surface area contributed by atoms with Crippen molar-refractivity contribution < 1.29 is 18.3 Å². The van der Waals surface area contributed by atoms with Gasteiger partial charge in [0.15, 0.2) is 5.69 Å². The van der Waals surface area contributed by atoms with E-state index in [1.165, 1.54) is 17.8 Å². The minimum atomic E-state index is -3.83. The molecule has 2 aromatic rings. The van der Waals surface area contributed by atoms with Crippen LogP contribution in [0.5, 0.6) is 0 Å². The molecule has 0 atom stereocenters. The number of rotatable bonds is 5. The topological polar surface area (TPSA) is 109 Å². The van der Waals surface area contributed by atoms with Crippen LogP contribution >= 0.6 is 22.9 Å². The Kier molecular flexibility index (Phi) is 4.21. The standard InChI is InChI=1S/C10H8ClN3O4S2/c11-6-2-1-3-12-7(6)4-20(17,18)14-9-8(10(15)16)13-5-19-9/h1-3,5,14H,4H2,(H,15,16). The summed E-state index contributed by atoms with van der Waals surface area (Å²) in [5.41, 5.74) is 1.09. The average Bonchev–Trinajstić information content (AvgIpc) is 2.79. The number of carboxylic acids is 1. The van der Waals surface area contributed by atoms with E-state index in [9.17, 15) is 13.2 Å². The van der Waals surface area contributed by atoms with E-state index in [1.807, 2.05) is 0 Å². The minimum absolute atomic E-state index is 0.0513. The Morgan fingerprint density at radius 2 is 2.20 bits per heavy atom. The first-order valence-electron chi connectivity index (χ1n) is 5.16. The maximum atomic E-state index is 12.0. The second kappa shape index (κ2) is 5.73. The molecule has 2 heterocycles. The van der Waals surface area contributed by atoms with Crippen molar-refractivity contribution in [1.82, 2.24) is 9.97 Å². The molecule has 2 rings (SSSR count). The van der Waals surface area contributed by atoms with Crippen LogP contribution in [0.4, 0.5) is 5.00 Å². The Morgan fingerprint density at radius 1 is 1.45 bits per heavy atom. The van der Waals surface area contributed by atoms with Gasteiger partial charge in [0.2, 0.25) is 10.0 Å². The summed E-state index contributed by atoms with van der Waals surface area (Å²) < 4.78 is 26.1. The molecule has 0 fully saturated rings. The van der Waals surface area contributed by atoms with Gasteiger partial charge in [0.25, 0.3) is 0 Å². The zero-order chi connectivity index (χ0) is 14.8. The number of hydrogen-bond acceptors (Lipinski definition) is 6. The van der Waals surface area contributed by atoms with Gasteiger partial charge in [-0.15, -0.1) is 11.3 Å². The number of anilines is 1. The third-order valence-electron chi connectivity index (χ3n) is 2.18. The molecule has 0 aliphatic rings. The van der Waals surface area contributed by atoms with Gasteiger partial charge in [-0.25, -0.2) is 18.2 Å². The fraction of sp³-hybridized carbons (Fsp3) is 0.100. The minimum Gasteiger partial charge on any atom is -0.476 e. The van der Waals surface area contributed by atoms with Crippen molar-refractivity contribution >= 4 is 43.9 Å². The molecule has 0 amide bonds. The largest absolute Gasteiger partial charge is 0.476 e. The molecule has 2 aromatic heterocycles. The predicted octanol–water partition coefficient (Wildman–Crippen LogP) is 1.83. The van der Waals surface area contributed by atoms with E-state index in [1.54, 1.807) is 6.07 Å². The highest BCUT2D eigenvalue weighted by molar-refractivity contribution is 7.92. The Morgan fingerprint density at radius 3 is 2.85 bits per heavy atom. The predicted molar refractivity (Wildman–Crippen MR) is 74.6 cm³/mol. The number of nitrogens with zero attached hydrogens (tertiary/aromatic N) is 2. The third kappa shape index (κ3) is 3.44. The molecule has 20 heavy (non-hydrogen) atoms. The second-order valence-electron chi connectivity index (χ2n) is 3.63. The number of sulfonamides is 1. The van der Waals surface area contributed by atoms with Crippen molar-refractivity contribution in [3.63, 3.8) is 0 Å². The van der Waals surface area contributed by atoms with Gasteiger partial charge >= 0.3 is 5.97 Å². The molecule has 2 N–H and O–H groups in total. The second-order valence-corrected chi connectivity index (χ2v) is 6.61. The molecule has 0 bridgehead atoms. The van der Waals surface area contributed by atoms with Gasteiger partial charge < -0.3 is 5.11 Å². The zero-order valence-electron chi connectivity index (χ0n) is 9.78. The molecule has 0 saturated heterocycles. The maximum Gasteiger partial charge on any atom is 0.357 e. The van der Waals surface area contributed by atoms with Gasteiger partial charge in [-0.2, -0.15) is 0 Å². The summed E-state index contributed by atoms with van der Waals surface area (Å²) in [6.45, 7) is 0. The molecule has 0 saturated carbocycles. The normalized spacial score (nSPS) is 11.2. The van der Waals surface area contributed by atoms with Crippen molar-refractivity contribution in [3.05, 3.63) is 40.3 Å². The summed E-state index contributed by atoms with van der Waals surface area (Å²) >= 11 is 6.72. The first-order chi connectivity index (χ1) is 9.39.